The van der Waals surface area contributed by atoms with Crippen molar-refractivity contribution >= 4 is 39.3 Å². The highest BCUT2D eigenvalue weighted by atomic mass is 79.9. The maximum Gasteiger partial charge on any atom is 0.255 e. The second-order valence-electron chi connectivity index (χ2n) is 4.75. The van der Waals surface area contributed by atoms with Crippen molar-refractivity contribution in [2.45, 2.75) is 25.3 Å². The van der Waals surface area contributed by atoms with Gasteiger partial charge in [-0.05, 0) is 53.4 Å². The minimum absolute atomic E-state index is 0.108. The van der Waals surface area contributed by atoms with Gasteiger partial charge in [-0.1, -0.05) is 11.6 Å². The fraction of sp³-hybridized carbons (Fsp3) is 0.429. The molecule has 1 unspecified atom stereocenters. The maximum atomic E-state index is 12.6. The van der Waals surface area contributed by atoms with Gasteiger partial charge >= 0.3 is 0 Å². The summed E-state index contributed by atoms with van der Waals surface area (Å²) < 4.78 is 0.649. The van der Waals surface area contributed by atoms with Crippen molar-refractivity contribution < 1.29 is 9.59 Å². The van der Waals surface area contributed by atoms with Crippen molar-refractivity contribution in [1.29, 1.82) is 0 Å². The molecule has 1 aliphatic heterocycles. The first kappa shape index (κ1) is 15.3. The van der Waals surface area contributed by atoms with E-state index >= 15 is 0 Å². The van der Waals surface area contributed by atoms with Crippen LogP contribution in [-0.4, -0.2) is 36.3 Å². The van der Waals surface area contributed by atoms with Crippen LogP contribution in [0.15, 0.2) is 22.7 Å². The number of carbonyl (C=O) groups excluding carboxylic acids is 2. The first-order valence-electron chi connectivity index (χ1n) is 6.52. The van der Waals surface area contributed by atoms with Crippen LogP contribution in [0.3, 0.4) is 0 Å². The fourth-order valence-electron chi connectivity index (χ4n) is 2.43. The number of likely N-dealkylation sites (N-methyl/N-ethyl adjacent to an activating group) is 1. The molecular weight excluding hydrogens is 344 g/mol. The fourth-order valence-corrected chi connectivity index (χ4v) is 3.28. The lowest BCUT2D eigenvalue weighted by Crippen LogP contribution is -2.51. The molecule has 1 aliphatic rings. The Morgan fingerprint density at radius 2 is 2.15 bits per heavy atom. The molecule has 1 aromatic carbocycles. The molecule has 2 rings (SSSR count). The summed E-state index contributed by atoms with van der Waals surface area (Å²) in [6, 6.07) is 4.67. The zero-order valence-electron chi connectivity index (χ0n) is 11.2. The standard InChI is InChI=1S/C14H16BrClN2O2/c1-17-13(19)12-4-2-3-7-18(12)14(20)10-6-5-9(16)8-11(10)15/h5-6,8,12H,2-4,7H2,1H3,(H,17,19). The Morgan fingerprint density at radius 3 is 2.80 bits per heavy atom. The summed E-state index contributed by atoms with van der Waals surface area (Å²) >= 11 is 9.25. The lowest BCUT2D eigenvalue weighted by atomic mass is 10.00. The van der Waals surface area contributed by atoms with Crippen molar-refractivity contribution in [3.63, 3.8) is 0 Å². The molecule has 1 N–H and O–H groups in total. The van der Waals surface area contributed by atoms with Crippen LogP contribution in [0.5, 0.6) is 0 Å². The van der Waals surface area contributed by atoms with Crippen LogP contribution in [0, 0.1) is 0 Å². The topological polar surface area (TPSA) is 49.4 Å². The SMILES string of the molecule is CNC(=O)C1CCCCN1C(=O)c1ccc(Cl)cc1Br. The van der Waals surface area contributed by atoms with Crippen LogP contribution in [0.4, 0.5) is 0 Å². The average Bonchev–Trinajstić information content (AvgIpc) is 2.46. The quantitative estimate of drug-likeness (QED) is 0.883. The highest BCUT2D eigenvalue weighted by Crippen LogP contribution is 2.26. The number of benzene rings is 1. The lowest BCUT2D eigenvalue weighted by Gasteiger charge is -2.34. The zero-order valence-corrected chi connectivity index (χ0v) is 13.5. The van der Waals surface area contributed by atoms with E-state index in [0.717, 1.165) is 12.8 Å². The van der Waals surface area contributed by atoms with Gasteiger partial charge in [0.05, 0.1) is 5.56 Å². The molecule has 20 heavy (non-hydrogen) atoms. The molecule has 0 spiro atoms. The lowest BCUT2D eigenvalue weighted by molar-refractivity contribution is -0.126. The molecule has 6 heteroatoms. The van der Waals surface area contributed by atoms with E-state index in [9.17, 15) is 9.59 Å². The first-order chi connectivity index (χ1) is 9.54. The molecule has 1 heterocycles. The van der Waals surface area contributed by atoms with Gasteiger partial charge in [-0.25, -0.2) is 0 Å². The summed E-state index contributed by atoms with van der Waals surface area (Å²) in [4.78, 5) is 26.2. The van der Waals surface area contributed by atoms with Gasteiger partial charge in [0.25, 0.3) is 5.91 Å². The number of rotatable bonds is 2. The van der Waals surface area contributed by atoms with Gasteiger partial charge in [0, 0.05) is 23.1 Å². The minimum atomic E-state index is -0.385. The van der Waals surface area contributed by atoms with Gasteiger partial charge in [0.2, 0.25) is 5.91 Å². The predicted molar refractivity (Wildman–Crippen MR) is 81.9 cm³/mol. The Kier molecular flexibility index (Phi) is 5.05. The van der Waals surface area contributed by atoms with Crippen molar-refractivity contribution in [1.82, 2.24) is 10.2 Å². The van der Waals surface area contributed by atoms with Gasteiger partial charge < -0.3 is 10.2 Å². The molecule has 108 valence electrons. The summed E-state index contributed by atoms with van der Waals surface area (Å²) in [6.07, 6.45) is 2.59. The van der Waals surface area contributed by atoms with E-state index in [1.807, 2.05) is 0 Å². The van der Waals surface area contributed by atoms with Gasteiger partial charge in [-0.2, -0.15) is 0 Å². The maximum absolute atomic E-state index is 12.6. The highest BCUT2D eigenvalue weighted by Gasteiger charge is 2.32. The Hall–Kier alpha value is -1.07. The molecule has 0 aromatic heterocycles. The third-order valence-electron chi connectivity index (χ3n) is 3.47. The van der Waals surface area contributed by atoms with E-state index in [0.29, 0.717) is 28.0 Å². The molecule has 4 nitrogen and oxygen atoms in total. The Balaban J connectivity index is 2.27. The number of halogens is 2. The summed E-state index contributed by atoms with van der Waals surface area (Å²) in [5.41, 5.74) is 0.533. The van der Waals surface area contributed by atoms with Crippen LogP contribution >= 0.6 is 27.5 Å². The largest absolute Gasteiger partial charge is 0.357 e. The van der Waals surface area contributed by atoms with E-state index in [2.05, 4.69) is 21.2 Å². The van der Waals surface area contributed by atoms with Gasteiger partial charge in [-0.3, -0.25) is 9.59 Å². The Labute approximate surface area is 131 Å². The smallest absolute Gasteiger partial charge is 0.255 e. The van der Waals surface area contributed by atoms with E-state index in [1.54, 1.807) is 30.1 Å². The van der Waals surface area contributed by atoms with Crippen LogP contribution in [-0.2, 0) is 4.79 Å². The number of amides is 2. The van der Waals surface area contributed by atoms with Gasteiger partial charge in [0.1, 0.15) is 6.04 Å². The molecule has 2 amide bonds. The third-order valence-corrected chi connectivity index (χ3v) is 4.37. The van der Waals surface area contributed by atoms with Gasteiger partial charge in [-0.15, -0.1) is 0 Å². The molecular formula is C14H16BrClN2O2. The predicted octanol–water partition coefficient (Wildman–Crippen LogP) is 2.84. The third kappa shape index (κ3) is 3.15. The summed E-state index contributed by atoms with van der Waals surface area (Å²) in [6.45, 7) is 0.603. The highest BCUT2D eigenvalue weighted by molar-refractivity contribution is 9.10. The Bertz CT molecular complexity index is 536. The molecule has 1 saturated heterocycles. The van der Waals surface area contributed by atoms with Crippen LogP contribution in [0.1, 0.15) is 29.6 Å². The molecule has 0 aliphatic carbocycles. The van der Waals surface area contributed by atoms with Crippen molar-refractivity contribution in [2.75, 3.05) is 13.6 Å². The average molecular weight is 360 g/mol. The van der Waals surface area contributed by atoms with Crippen molar-refractivity contribution in [3.8, 4) is 0 Å². The molecule has 1 aromatic rings. The van der Waals surface area contributed by atoms with Crippen molar-refractivity contribution in [2.24, 2.45) is 0 Å². The summed E-state index contributed by atoms with van der Waals surface area (Å²) in [5.74, 6) is -0.245. The van der Waals surface area contributed by atoms with E-state index in [1.165, 1.54) is 0 Å². The number of carbonyl (C=O) groups is 2. The van der Waals surface area contributed by atoms with Crippen LogP contribution < -0.4 is 5.32 Å². The van der Waals surface area contributed by atoms with Crippen LogP contribution in [0.25, 0.3) is 0 Å². The molecule has 0 saturated carbocycles. The molecule has 1 fully saturated rings. The molecule has 0 radical (unpaired) electrons. The minimum Gasteiger partial charge on any atom is -0.357 e. The van der Waals surface area contributed by atoms with Crippen LogP contribution in [0.2, 0.25) is 5.02 Å². The first-order valence-corrected chi connectivity index (χ1v) is 7.69. The second-order valence-corrected chi connectivity index (χ2v) is 6.04. The number of piperidine rings is 1. The number of likely N-dealkylation sites (tertiary alicyclic amines) is 1. The molecule has 0 bridgehead atoms. The number of nitrogens with zero attached hydrogens (tertiary/aromatic N) is 1. The molecule has 1 atom stereocenters. The second kappa shape index (κ2) is 6.59. The number of hydrogen-bond donors (Lipinski definition) is 1. The van der Waals surface area contributed by atoms with Gasteiger partial charge in [0.15, 0.2) is 0 Å². The zero-order chi connectivity index (χ0) is 14.7. The monoisotopic (exact) mass is 358 g/mol. The summed E-state index contributed by atoms with van der Waals surface area (Å²) in [5, 5.41) is 3.19. The number of nitrogens with one attached hydrogen (secondary N) is 1. The van der Waals surface area contributed by atoms with E-state index < -0.39 is 0 Å². The van der Waals surface area contributed by atoms with E-state index in [-0.39, 0.29) is 17.9 Å². The normalized spacial score (nSPS) is 18.8. The Morgan fingerprint density at radius 1 is 1.40 bits per heavy atom. The summed E-state index contributed by atoms with van der Waals surface area (Å²) in [7, 11) is 1.60. The van der Waals surface area contributed by atoms with E-state index in [4.69, 9.17) is 11.6 Å². The van der Waals surface area contributed by atoms with Crippen molar-refractivity contribution in [3.05, 3.63) is 33.3 Å². The number of hydrogen-bond acceptors (Lipinski definition) is 2.